The highest BCUT2D eigenvalue weighted by Crippen LogP contribution is 2.36. The highest BCUT2D eigenvalue weighted by atomic mass is 19.1. The molecule has 2 N–H and O–H groups in total. The molecule has 0 bridgehead atoms. The summed E-state index contributed by atoms with van der Waals surface area (Å²) in [6, 6.07) is 11.7. The lowest BCUT2D eigenvalue weighted by Crippen LogP contribution is -2.41. The smallest absolute Gasteiger partial charge is 0.264 e. The highest BCUT2D eigenvalue weighted by Gasteiger charge is 2.31. The van der Waals surface area contributed by atoms with E-state index in [2.05, 4.69) is 16.0 Å². The fraction of sp³-hybridized carbons (Fsp3) is 0.276. The van der Waals surface area contributed by atoms with E-state index < -0.39 is 11.6 Å². The van der Waals surface area contributed by atoms with Crippen LogP contribution in [0.15, 0.2) is 60.4 Å². The van der Waals surface area contributed by atoms with Crippen molar-refractivity contribution < 1.29 is 18.3 Å². The molecule has 4 aromatic rings. The first-order valence-electron chi connectivity index (χ1n) is 13.0. The number of benzene rings is 2. The van der Waals surface area contributed by atoms with Crippen LogP contribution < -0.4 is 10.5 Å². The van der Waals surface area contributed by atoms with Gasteiger partial charge in [0.25, 0.3) is 5.91 Å². The molecule has 2 fully saturated rings. The molecule has 1 saturated carbocycles. The van der Waals surface area contributed by atoms with Crippen LogP contribution in [0.3, 0.4) is 0 Å². The lowest BCUT2D eigenvalue weighted by Gasteiger charge is -2.32. The van der Waals surface area contributed by atoms with E-state index in [0.29, 0.717) is 47.0 Å². The van der Waals surface area contributed by atoms with E-state index in [-0.39, 0.29) is 29.1 Å². The Hall–Kier alpha value is -4.85. The van der Waals surface area contributed by atoms with Gasteiger partial charge in [0, 0.05) is 36.9 Å². The zero-order valence-electron chi connectivity index (χ0n) is 21.4. The summed E-state index contributed by atoms with van der Waals surface area (Å²) in [5.74, 6) is -0.697. The van der Waals surface area contributed by atoms with Crippen LogP contribution in [0.1, 0.15) is 31.7 Å². The Morgan fingerprint density at radius 1 is 1.07 bits per heavy atom. The number of carbonyl (C=O) groups excluding carboxylic acids is 1. The molecule has 202 valence electrons. The third-order valence-electron chi connectivity index (χ3n) is 7.12. The summed E-state index contributed by atoms with van der Waals surface area (Å²) in [4.78, 5) is 23.5. The van der Waals surface area contributed by atoms with Crippen LogP contribution in [-0.4, -0.2) is 43.6 Å². The molecule has 6 rings (SSSR count). The molecule has 1 saturated heterocycles. The van der Waals surface area contributed by atoms with Gasteiger partial charge >= 0.3 is 0 Å². The molecule has 0 unspecified atom stereocenters. The maximum Gasteiger partial charge on any atom is 0.264 e. The van der Waals surface area contributed by atoms with E-state index in [1.807, 2.05) is 0 Å². The molecule has 1 aliphatic carbocycles. The number of piperidine rings is 1. The number of nitrogens with two attached hydrogens (primary N) is 1. The molecule has 0 radical (unpaired) electrons. The van der Waals surface area contributed by atoms with Gasteiger partial charge in [-0.25, -0.2) is 23.4 Å². The minimum atomic E-state index is -0.732. The van der Waals surface area contributed by atoms with Crippen molar-refractivity contribution in [1.82, 2.24) is 24.6 Å². The second kappa shape index (κ2) is 10.4. The van der Waals surface area contributed by atoms with Crippen molar-refractivity contribution in [3.05, 3.63) is 72.1 Å². The van der Waals surface area contributed by atoms with Crippen LogP contribution in [-0.2, 0) is 4.79 Å². The number of nitriles is 1. The van der Waals surface area contributed by atoms with Gasteiger partial charge in [-0.2, -0.15) is 10.4 Å². The van der Waals surface area contributed by atoms with E-state index in [1.165, 1.54) is 6.33 Å². The summed E-state index contributed by atoms with van der Waals surface area (Å²) in [6.45, 7) is 0.957. The average Bonchev–Trinajstić information content (AvgIpc) is 3.68. The van der Waals surface area contributed by atoms with E-state index in [1.54, 1.807) is 39.9 Å². The Balaban J connectivity index is 1.29. The third kappa shape index (κ3) is 5.08. The fourth-order valence-electron chi connectivity index (χ4n) is 5.02. The van der Waals surface area contributed by atoms with Gasteiger partial charge in [-0.1, -0.05) is 6.08 Å². The zero-order valence-corrected chi connectivity index (χ0v) is 21.4. The molecule has 1 aliphatic heterocycles. The van der Waals surface area contributed by atoms with Crippen molar-refractivity contribution in [1.29, 1.82) is 5.26 Å². The number of anilines is 1. The van der Waals surface area contributed by atoms with Crippen molar-refractivity contribution in [2.45, 2.75) is 31.7 Å². The molecular weight excluding hydrogens is 516 g/mol. The number of aromatic nitrogens is 4. The number of fused-ring (bicyclic) bond motifs is 1. The van der Waals surface area contributed by atoms with Crippen LogP contribution in [0, 0.1) is 28.9 Å². The molecule has 0 spiro atoms. The standard InChI is InChI=1S/C29H25F2N7O2/c30-20-11-21(31)13-24(12-20)40-23-7-5-18(6-8-23)26-25-27(33)34-16-35-28(25)38(36-26)22-2-1-9-37(15-22)29(39)19(14-32)10-17-3-4-17/h5-8,10-13,16-17,22H,1-4,9,15H2,(H2,33,34,35)/b19-10-/t22-/m1/s1. The quantitative estimate of drug-likeness (QED) is 0.264. The molecule has 9 nitrogen and oxygen atoms in total. The van der Waals surface area contributed by atoms with Crippen LogP contribution in [0.2, 0.25) is 0 Å². The van der Waals surface area contributed by atoms with Crippen molar-refractivity contribution in [3.8, 4) is 28.8 Å². The van der Waals surface area contributed by atoms with E-state index in [4.69, 9.17) is 15.6 Å². The van der Waals surface area contributed by atoms with Crippen LogP contribution in [0.4, 0.5) is 14.6 Å². The summed E-state index contributed by atoms with van der Waals surface area (Å²) in [7, 11) is 0. The predicted molar refractivity (Wildman–Crippen MR) is 143 cm³/mol. The van der Waals surface area contributed by atoms with Crippen molar-refractivity contribution in [3.63, 3.8) is 0 Å². The number of allylic oxidation sites excluding steroid dienone is 1. The number of likely N-dealkylation sites (tertiary alicyclic amines) is 1. The Kier molecular flexibility index (Phi) is 6.59. The lowest BCUT2D eigenvalue weighted by atomic mass is 10.0. The summed E-state index contributed by atoms with van der Waals surface area (Å²) in [6.07, 6.45) is 6.73. The maximum absolute atomic E-state index is 13.5. The number of nitrogens with zero attached hydrogens (tertiary/aromatic N) is 6. The number of carbonyl (C=O) groups is 1. The van der Waals surface area contributed by atoms with Crippen LogP contribution in [0.5, 0.6) is 11.5 Å². The Labute approximate surface area is 228 Å². The first-order valence-corrected chi connectivity index (χ1v) is 13.0. The minimum Gasteiger partial charge on any atom is -0.457 e. The first kappa shape index (κ1) is 25.4. The Bertz CT molecular complexity index is 1650. The van der Waals surface area contributed by atoms with E-state index in [9.17, 15) is 18.8 Å². The summed E-state index contributed by atoms with van der Waals surface area (Å²) in [5.41, 5.74) is 8.30. The summed E-state index contributed by atoms with van der Waals surface area (Å²) in [5, 5.41) is 15.0. The summed E-state index contributed by atoms with van der Waals surface area (Å²) < 4.78 is 34.5. The van der Waals surface area contributed by atoms with Crippen LogP contribution >= 0.6 is 0 Å². The largest absolute Gasteiger partial charge is 0.457 e. The van der Waals surface area contributed by atoms with E-state index in [0.717, 1.165) is 43.9 Å². The van der Waals surface area contributed by atoms with Gasteiger partial charge in [0.1, 0.15) is 52.6 Å². The second-order valence-electron chi connectivity index (χ2n) is 10.1. The SMILES string of the molecule is N#C/C(=C/C1CC1)C(=O)N1CCC[C@@H](n2nc(-c3ccc(Oc4cc(F)cc(F)c4)cc3)c3c(N)ncnc32)C1. The molecule has 2 aliphatic rings. The molecule has 1 atom stereocenters. The maximum atomic E-state index is 13.5. The molecule has 40 heavy (non-hydrogen) atoms. The number of ether oxygens (including phenoxy) is 1. The van der Waals surface area contributed by atoms with E-state index >= 15 is 0 Å². The van der Waals surface area contributed by atoms with Gasteiger partial charge in [-0.15, -0.1) is 0 Å². The second-order valence-corrected chi connectivity index (χ2v) is 10.1. The number of rotatable bonds is 6. The fourth-order valence-corrected chi connectivity index (χ4v) is 5.02. The zero-order chi connectivity index (χ0) is 27.8. The van der Waals surface area contributed by atoms with Gasteiger partial charge < -0.3 is 15.4 Å². The van der Waals surface area contributed by atoms with Gasteiger partial charge in [-0.05, 0) is 55.9 Å². The normalized spacial score (nSPS) is 17.6. The number of hydrogen-bond acceptors (Lipinski definition) is 7. The molecule has 2 aromatic heterocycles. The van der Waals surface area contributed by atoms with Gasteiger partial charge in [0.15, 0.2) is 5.65 Å². The van der Waals surface area contributed by atoms with Gasteiger partial charge in [0.2, 0.25) is 0 Å². The topological polar surface area (TPSA) is 123 Å². The summed E-state index contributed by atoms with van der Waals surface area (Å²) >= 11 is 0. The third-order valence-corrected chi connectivity index (χ3v) is 7.12. The van der Waals surface area contributed by atoms with Gasteiger partial charge in [0.05, 0.1) is 11.4 Å². The number of halogens is 2. The number of amides is 1. The monoisotopic (exact) mass is 541 g/mol. The first-order chi connectivity index (χ1) is 19.4. The minimum absolute atomic E-state index is 0.0422. The molecule has 2 aromatic carbocycles. The lowest BCUT2D eigenvalue weighted by molar-refractivity contribution is -0.128. The molecule has 1 amide bonds. The van der Waals surface area contributed by atoms with Crippen LogP contribution in [0.25, 0.3) is 22.3 Å². The highest BCUT2D eigenvalue weighted by molar-refractivity contribution is 5.99. The average molecular weight is 542 g/mol. The van der Waals surface area contributed by atoms with Crippen molar-refractivity contribution in [2.24, 2.45) is 5.92 Å². The van der Waals surface area contributed by atoms with Gasteiger partial charge in [-0.3, -0.25) is 4.79 Å². The van der Waals surface area contributed by atoms with Crippen molar-refractivity contribution in [2.75, 3.05) is 18.8 Å². The van der Waals surface area contributed by atoms with Crippen molar-refractivity contribution >= 4 is 22.8 Å². The predicted octanol–water partition coefficient (Wildman–Crippen LogP) is 5.17. The number of hydrogen-bond donors (Lipinski definition) is 1. The number of nitrogen functional groups attached to an aromatic ring is 1. The Morgan fingerprint density at radius 2 is 1.82 bits per heavy atom. The molecule has 11 heteroatoms. The Morgan fingerprint density at radius 3 is 2.52 bits per heavy atom. The molecular formula is C29H25F2N7O2. The molecule has 3 heterocycles.